The lowest BCUT2D eigenvalue weighted by Crippen LogP contribution is -2.43. The van der Waals surface area contributed by atoms with E-state index in [1.807, 2.05) is 0 Å². The fourth-order valence-electron chi connectivity index (χ4n) is 1.49. The van der Waals surface area contributed by atoms with Gasteiger partial charge in [-0.15, -0.1) is 0 Å². The molecule has 1 aromatic rings. The topological polar surface area (TPSA) is 97.3 Å². The van der Waals surface area contributed by atoms with Crippen molar-refractivity contribution in [3.05, 3.63) is 4.88 Å². The van der Waals surface area contributed by atoms with Crippen LogP contribution in [0.2, 0.25) is 0 Å². The quantitative estimate of drug-likeness (QED) is 0.616. The van der Waals surface area contributed by atoms with E-state index in [4.69, 9.17) is 11.5 Å². The second kappa shape index (κ2) is 4.03. The fourth-order valence-corrected chi connectivity index (χ4v) is 2.38. The van der Waals surface area contributed by atoms with Crippen molar-refractivity contribution in [1.29, 1.82) is 0 Å². The number of nitrogen functional groups attached to an aromatic ring is 1. The van der Waals surface area contributed by atoms with Gasteiger partial charge in [0.2, 0.25) is 0 Å². The second-order valence-corrected chi connectivity index (χ2v) is 4.29. The Kier molecular flexibility index (Phi) is 2.74. The third-order valence-corrected chi connectivity index (χ3v) is 3.40. The van der Waals surface area contributed by atoms with E-state index in [0.717, 1.165) is 31.3 Å². The van der Waals surface area contributed by atoms with Crippen molar-refractivity contribution in [3.8, 4) is 0 Å². The Labute approximate surface area is 91.3 Å². The Morgan fingerprint density at radius 3 is 2.67 bits per heavy atom. The molecule has 1 aliphatic heterocycles. The Morgan fingerprint density at radius 2 is 2.13 bits per heavy atom. The first-order valence-electron chi connectivity index (χ1n) is 4.70. The lowest BCUT2D eigenvalue weighted by molar-refractivity contribution is 0.100. The molecule has 0 aromatic carbocycles. The van der Waals surface area contributed by atoms with Crippen LogP contribution in [0.4, 0.5) is 10.9 Å². The lowest BCUT2D eigenvalue weighted by atomic mass is 10.4. The molecule has 0 spiro atoms. The van der Waals surface area contributed by atoms with Crippen molar-refractivity contribution >= 4 is 28.2 Å². The number of amides is 1. The molecule has 6 nitrogen and oxygen atoms in total. The van der Waals surface area contributed by atoms with Crippen molar-refractivity contribution in [2.24, 2.45) is 5.73 Å². The summed E-state index contributed by atoms with van der Waals surface area (Å²) in [5.74, 6) is -0.271. The van der Waals surface area contributed by atoms with E-state index < -0.39 is 5.91 Å². The van der Waals surface area contributed by atoms with Gasteiger partial charge in [0.25, 0.3) is 5.91 Å². The van der Waals surface area contributed by atoms with Crippen molar-refractivity contribution < 1.29 is 4.79 Å². The van der Waals surface area contributed by atoms with E-state index >= 15 is 0 Å². The van der Waals surface area contributed by atoms with E-state index in [9.17, 15) is 4.79 Å². The second-order valence-electron chi connectivity index (χ2n) is 3.31. The first kappa shape index (κ1) is 10.2. The number of primary amides is 1. The van der Waals surface area contributed by atoms with Crippen LogP contribution in [0.15, 0.2) is 0 Å². The predicted octanol–water partition coefficient (Wildman–Crippen LogP) is -0.766. The normalized spacial score (nSPS) is 16.7. The van der Waals surface area contributed by atoms with Crippen LogP contribution in [0.5, 0.6) is 0 Å². The first-order chi connectivity index (χ1) is 7.18. The summed E-state index contributed by atoms with van der Waals surface area (Å²) in [6.45, 7) is 3.60. The summed E-state index contributed by atoms with van der Waals surface area (Å²) < 4.78 is 0. The highest BCUT2D eigenvalue weighted by atomic mass is 32.1. The fraction of sp³-hybridized carbons (Fsp3) is 0.500. The number of thiazole rings is 1. The number of hydrogen-bond donors (Lipinski definition) is 3. The summed E-state index contributed by atoms with van der Waals surface area (Å²) >= 11 is 1.26. The van der Waals surface area contributed by atoms with Crippen molar-refractivity contribution in [2.45, 2.75) is 0 Å². The number of carbonyl (C=O) groups is 1. The number of nitrogens with zero attached hydrogens (tertiary/aromatic N) is 2. The SMILES string of the molecule is NC(=O)c1sc(N2CCNCC2)nc1N. The van der Waals surface area contributed by atoms with Gasteiger partial charge in [0, 0.05) is 26.2 Å². The number of anilines is 2. The Bertz CT molecular complexity index is 371. The number of carbonyl (C=O) groups excluding carboxylic acids is 1. The molecular formula is C8H13N5OS. The van der Waals surface area contributed by atoms with Gasteiger partial charge < -0.3 is 21.7 Å². The number of nitrogens with one attached hydrogen (secondary N) is 1. The molecule has 1 aliphatic rings. The number of hydrogen-bond acceptors (Lipinski definition) is 6. The van der Waals surface area contributed by atoms with Gasteiger partial charge in [-0.25, -0.2) is 4.98 Å². The highest BCUT2D eigenvalue weighted by Gasteiger charge is 2.18. The maximum Gasteiger partial charge on any atom is 0.262 e. The number of aromatic nitrogens is 1. The minimum absolute atomic E-state index is 0.237. The van der Waals surface area contributed by atoms with Crippen LogP contribution in [-0.2, 0) is 0 Å². The predicted molar refractivity (Wildman–Crippen MR) is 60.1 cm³/mol. The summed E-state index contributed by atoms with van der Waals surface area (Å²) in [6, 6.07) is 0. The van der Waals surface area contributed by atoms with Gasteiger partial charge in [0.15, 0.2) is 5.13 Å². The summed E-state index contributed by atoms with van der Waals surface area (Å²) in [5.41, 5.74) is 10.8. The zero-order chi connectivity index (χ0) is 10.8. The van der Waals surface area contributed by atoms with Crippen LogP contribution in [0.3, 0.4) is 0 Å². The van der Waals surface area contributed by atoms with Crippen molar-refractivity contribution in [1.82, 2.24) is 10.3 Å². The summed E-state index contributed by atoms with van der Waals surface area (Å²) in [7, 11) is 0. The van der Waals surface area contributed by atoms with Crippen LogP contribution in [0.25, 0.3) is 0 Å². The van der Waals surface area contributed by atoms with Crippen molar-refractivity contribution in [3.63, 3.8) is 0 Å². The van der Waals surface area contributed by atoms with Crippen LogP contribution in [0, 0.1) is 0 Å². The first-order valence-corrected chi connectivity index (χ1v) is 5.52. The van der Waals surface area contributed by atoms with E-state index in [1.54, 1.807) is 0 Å². The van der Waals surface area contributed by atoms with E-state index in [1.165, 1.54) is 11.3 Å². The molecule has 1 amide bonds. The monoisotopic (exact) mass is 227 g/mol. The number of nitrogens with two attached hydrogens (primary N) is 2. The molecule has 15 heavy (non-hydrogen) atoms. The average Bonchev–Trinajstić information content (AvgIpc) is 2.62. The van der Waals surface area contributed by atoms with Crippen LogP contribution in [-0.4, -0.2) is 37.1 Å². The standard InChI is InChI=1S/C8H13N5OS/c9-6-5(7(10)14)15-8(12-6)13-3-1-11-2-4-13/h11H,1-4,9H2,(H2,10,14). The molecule has 2 rings (SSSR count). The summed E-state index contributed by atoms with van der Waals surface area (Å²) in [5, 5.41) is 4.02. The van der Waals surface area contributed by atoms with Gasteiger partial charge in [0.1, 0.15) is 10.7 Å². The smallest absolute Gasteiger partial charge is 0.262 e. The third-order valence-electron chi connectivity index (χ3n) is 2.25. The van der Waals surface area contributed by atoms with Gasteiger partial charge in [-0.3, -0.25) is 4.79 Å². The van der Waals surface area contributed by atoms with Gasteiger partial charge in [-0.05, 0) is 0 Å². The molecule has 7 heteroatoms. The minimum atomic E-state index is -0.508. The molecule has 0 radical (unpaired) electrons. The molecule has 0 atom stereocenters. The van der Waals surface area contributed by atoms with E-state index in [-0.39, 0.29) is 5.82 Å². The third kappa shape index (κ3) is 2.02. The zero-order valence-electron chi connectivity index (χ0n) is 8.19. The summed E-state index contributed by atoms with van der Waals surface area (Å²) in [4.78, 5) is 17.6. The number of rotatable bonds is 2. The molecule has 0 unspecified atom stereocenters. The van der Waals surface area contributed by atoms with Crippen molar-refractivity contribution in [2.75, 3.05) is 36.8 Å². The highest BCUT2D eigenvalue weighted by molar-refractivity contribution is 7.18. The molecule has 1 aromatic heterocycles. The van der Waals surface area contributed by atoms with Gasteiger partial charge in [-0.1, -0.05) is 11.3 Å². The zero-order valence-corrected chi connectivity index (χ0v) is 9.01. The Hall–Kier alpha value is -1.34. The maximum absolute atomic E-state index is 11.0. The molecule has 1 fully saturated rings. The molecule has 82 valence electrons. The summed E-state index contributed by atoms with van der Waals surface area (Å²) in [6.07, 6.45) is 0. The van der Waals surface area contributed by atoms with E-state index in [2.05, 4.69) is 15.2 Å². The molecule has 5 N–H and O–H groups in total. The molecular weight excluding hydrogens is 214 g/mol. The maximum atomic E-state index is 11.0. The lowest BCUT2D eigenvalue weighted by Gasteiger charge is -2.26. The molecule has 0 aliphatic carbocycles. The van der Waals surface area contributed by atoms with Gasteiger partial charge in [0.05, 0.1) is 0 Å². The van der Waals surface area contributed by atoms with Crippen LogP contribution >= 0.6 is 11.3 Å². The Morgan fingerprint density at radius 1 is 1.47 bits per heavy atom. The van der Waals surface area contributed by atoms with E-state index in [0.29, 0.717) is 4.88 Å². The molecule has 0 saturated carbocycles. The van der Waals surface area contributed by atoms with Gasteiger partial charge >= 0.3 is 0 Å². The number of piperazine rings is 1. The molecule has 2 heterocycles. The van der Waals surface area contributed by atoms with Gasteiger partial charge in [-0.2, -0.15) is 0 Å². The van der Waals surface area contributed by atoms with Crippen LogP contribution < -0.4 is 21.7 Å². The Balaban J connectivity index is 2.21. The minimum Gasteiger partial charge on any atom is -0.382 e. The largest absolute Gasteiger partial charge is 0.382 e. The average molecular weight is 227 g/mol. The highest BCUT2D eigenvalue weighted by Crippen LogP contribution is 2.27. The molecule has 0 bridgehead atoms. The molecule has 1 saturated heterocycles. The van der Waals surface area contributed by atoms with Crippen LogP contribution in [0.1, 0.15) is 9.67 Å².